The Balaban J connectivity index is 2.14. The topological polar surface area (TPSA) is 133 Å². The number of amides is 1. The molecule has 0 radical (unpaired) electrons. The number of carboxylic acids is 1. The van der Waals surface area contributed by atoms with Crippen molar-refractivity contribution >= 4 is 29.1 Å². The molecule has 1 aliphatic rings. The fourth-order valence-corrected chi connectivity index (χ4v) is 2.99. The molecule has 2 aromatic rings. The average molecular weight is 368 g/mol. The van der Waals surface area contributed by atoms with Gasteiger partial charge in [-0.1, -0.05) is 24.3 Å². The zero-order valence-corrected chi connectivity index (χ0v) is 14.1. The first-order valence-corrected chi connectivity index (χ1v) is 8.16. The lowest BCUT2D eigenvalue weighted by Gasteiger charge is -2.22. The summed E-state index contributed by atoms with van der Waals surface area (Å²) in [5.74, 6) is -2.69. The van der Waals surface area contributed by atoms with E-state index >= 15 is 0 Å². The van der Waals surface area contributed by atoms with Gasteiger partial charge in [-0.05, 0) is 12.1 Å². The van der Waals surface area contributed by atoms with Crippen LogP contribution >= 0.6 is 0 Å². The molecule has 0 aromatic heterocycles. The molecule has 0 bridgehead atoms. The van der Waals surface area contributed by atoms with E-state index < -0.39 is 24.2 Å². The molecule has 27 heavy (non-hydrogen) atoms. The molecule has 0 spiro atoms. The molecule has 0 unspecified atom stereocenters. The van der Waals surface area contributed by atoms with Crippen LogP contribution in [-0.4, -0.2) is 53.4 Å². The molecular weight excluding hydrogens is 352 g/mol. The van der Waals surface area contributed by atoms with Gasteiger partial charge in [0.1, 0.15) is 6.54 Å². The maximum atomic E-state index is 13.0. The summed E-state index contributed by atoms with van der Waals surface area (Å²) in [6.07, 6.45) is 0. The molecule has 0 atom stereocenters. The van der Waals surface area contributed by atoms with Crippen molar-refractivity contribution in [2.24, 2.45) is 0 Å². The number of anilines is 1. The summed E-state index contributed by atoms with van der Waals surface area (Å²) in [6, 6.07) is 9.13. The number of carboxylic acid groups (broad SMARTS) is 1. The lowest BCUT2D eigenvalue weighted by molar-refractivity contribution is -0.135. The lowest BCUT2D eigenvalue weighted by atomic mass is 9.82. The summed E-state index contributed by atoms with van der Waals surface area (Å²) in [4.78, 5) is 48.8. The van der Waals surface area contributed by atoms with E-state index in [2.05, 4.69) is 10.6 Å². The zero-order chi connectivity index (χ0) is 19.6. The van der Waals surface area contributed by atoms with Crippen LogP contribution in [0.2, 0.25) is 0 Å². The fraction of sp³-hybridized carbons (Fsp3) is 0.158. The Labute approximate surface area is 153 Å². The molecular formula is C19H16N2O6. The van der Waals surface area contributed by atoms with Crippen LogP contribution in [0.1, 0.15) is 42.2 Å². The third-order valence-electron chi connectivity index (χ3n) is 4.15. The van der Waals surface area contributed by atoms with Gasteiger partial charge < -0.3 is 20.8 Å². The predicted molar refractivity (Wildman–Crippen MR) is 95.3 cm³/mol. The molecule has 1 aliphatic carbocycles. The number of carbonyl (C=O) groups excluding carboxylic acids is 3. The maximum Gasteiger partial charge on any atom is 0.322 e. The van der Waals surface area contributed by atoms with Gasteiger partial charge in [0.15, 0.2) is 11.6 Å². The van der Waals surface area contributed by atoms with Crippen LogP contribution in [0.5, 0.6) is 0 Å². The van der Waals surface area contributed by atoms with Gasteiger partial charge in [-0.3, -0.25) is 19.2 Å². The minimum atomic E-state index is -1.22. The Morgan fingerprint density at radius 1 is 0.926 bits per heavy atom. The molecule has 8 nitrogen and oxygen atoms in total. The quantitative estimate of drug-likeness (QED) is 0.503. The van der Waals surface area contributed by atoms with Gasteiger partial charge >= 0.3 is 5.97 Å². The van der Waals surface area contributed by atoms with Crippen LogP contribution in [0.3, 0.4) is 0 Å². The first-order chi connectivity index (χ1) is 13.0. The van der Waals surface area contributed by atoms with E-state index in [1.807, 2.05) is 0 Å². The van der Waals surface area contributed by atoms with Crippen molar-refractivity contribution in [3.63, 3.8) is 0 Å². The molecule has 138 valence electrons. The largest absolute Gasteiger partial charge is 0.480 e. The minimum Gasteiger partial charge on any atom is -0.480 e. The molecule has 4 N–H and O–H groups in total. The van der Waals surface area contributed by atoms with Gasteiger partial charge in [0.2, 0.25) is 0 Å². The first-order valence-electron chi connectivity index (χ1n) is 8.16. The molecule has 0 saturated heterocycles. The number of hydrogen-bond acceptors (Lipinski definition) is 6. The second-order valence-electron chi connectivity index (χ2n) is 5.84. The molecule has 8 heteroatoms. The van der Waals surface area contributed by atoms with Crippen molar-refractivity contribution in [1.82, 2.24) is 5.32 Å². The number of benzene rings is 2. The zero-order valence-electron chi connectivity index (χ0n) is 14.1. The van der Waals surface area contributed by atoms with Gasteiger partial charge in [-0.15, -0.1) is 0 Å². The van der Waals surface area contributed by atoms with E-state index in [-0.39, 0.29) is 52.4 Å². The first kappa shape index (κ1) is 18.3. The monoisotopic (exact) mass is 368 g/mol. The highest BCUT2D eigenvalue weighted by atomic mass is 16.4. The van der Waals surface area contributed by atoms with Crippen molar-refractivity contribution in [2.75, 3.05) is 25.0 Å². The number of hydrogen-bond donors (Lipinski definition) is 4. The van der Waals surface area contributed by atoms with Crippen LogP contribution < -0.4 is 10.6 Å². The van der Waals surface area contributed by atoms with Crippen LogP contribution in [0, 0.1) is 0 Å². The van der Waals surface area contributed by atoms with E-state index in [1.165, 1.54) is 18.2 Å². The lowest BCUT2D eigenvalue weighted by Crippen LogP contribution is -2.31. The number of carbonyl (C=O) groups is 4. The van der Waals surface area contributed by atoms with Gasteiger partial charge in [0, 0.05) is 23.2 Å². The summed E-state index contributed by atoms with van der Waals surface area (Å²) in [5, 5.41) is 22.9. The van der Waals surface area contributed by atoms with Crippen LogP contribution in [0.25, 0.3) is 0 Å². The van der Waals surface area contributed by atoms with Crippen molar-refractivity contribution in [3.05, 3.63) is 64.2 Å². The van der Waals surface area contributed by atoms with Gasteiger partial charge in [-0.2, -0.15) is 0 Å². The molecule has 0 heterocycles. The average Bonchev–Trinajstić information content (AvgIpc) is 2.67. The standard InChI is InChI=1S/C19H16N2O6/c22-8-7-20-16-13(19(27)21-9-14(23)24)6-5-12-15(16)18(26)11-4-2-1-3-10(11)17(12)25/h1-6,20,22H,7-9H2,(H,21,27)(H,23,24). The molecule has 1 amide bonds. The number of aliphatic hydroxyl groups is 1. The van der Waals surface area contributed by atoms with Gasteiger partial charge in [0.05, 0.1) is 23.4 Å². The van der Waals surface area contributed by atoms with E-state index in [1.54, 1.807) is 18.2 Å². The number of nitrogens with one attached hydrogen (secondary N) is 2. The molecule has 3 rings (SSSR count). The number of ketones is 2. The van der Waals surface area contributed by atoms with Crippen molar-refractivity contribution < 1.29 is 29.4 Å². The summed E-state index contributed by atoms with van der Waals surface area (Å²) in [5.41, 5.74) is 0.807. The van der Waals surface area contributed by atoms with Crippen LogP contribution in [0.4, 0.5) is 5.69 Å². The Bertz CT molecular complexity index is 967. The third kappa shape index (κ3) is 3.30. The second kappa shape index (κ2) is 7.38. The summed E-state index contributed by atoms with van der Waals surface area (Å²) < 4.78 is 0. The highest BCUT2D eigenvalue weighted by Crippen LogP contribution is 2.34. The van der Waals surface area contributed by atoms with E-state index in [0.717, 1.165) is 0 Å². The molecule has 0 fully saturated rings. The number of fused-ring (bicyclic) bond motifs is 2. The van der Waals surface area contributed by atoms with E-state index in [9.17, 15) is 19.2 Å². The predicted octanol–water partition coefficient (Wildman–Crippen LogP) is 0.681. The van der Waals surface area contributed by atoms with Crippen molar-refractivity contribution in [1.29, 1.82) is 0 Å². The van der Waals surface area contributed by atoms with Crippen molar-refractivity contribution in [3.8, 4) is 0 Å². The Morgan fingerprint density at radius 3 is 2.22 bits per heavy atom. The number of rotatable bonds is 6. The van der Waals surface area contributed by atoms with E-state index in [0.29, 0.717) is 0 Å². The third-order valence-corrected chi connectivity index (χ3v) is 4.15. The summed E-state index contributed by atoms with van der Waals surface area (Å²) >= 11 is 0. The summed E-state index contributed by atoms with van der Waals surface area (Å²) in [7, 11) is 0. The maximum absolute atomic E-state index is 13.0. The second-order valence-corrected chi connectivity index (χ2v) is 5.84. The van der Waals surface area contributed by atoms with Gasteiger partial charge in [-0.25, -0.2) is 0 Å². The molecule has 2 aromatic carbocycles. The normalized spacial score (nSPS) is 12.2. The Hall–Kier alpha value is -3.52. The Morgan fingerprint density at radius 2 is 1.59 bits per heavy atom. The number of aliphatic carboxylic acids is 1. The SMILES string of the molecule is O=C(O)CNC(=O)c1ccc2c(c1NCCO)C(=O)c1ccccc1C2=O. The highest BCUT2D eigenvalue weighted by molar-refractivity contribution is 6.31. The molecule has 0 aliphatic heterocycles. The smallest absolute Gasteiger partial charge is 0.322 e. The molecule has 0 saturated carbocycles. The van der Waals surface area contributed by atoms with Gasteiger partial charge in [0.25, 0.3) is 5.91 Å². The van der Waals surface area contributed by atoms with Crippen LogP contribution in [-0.2, 0) is 4.79 Å². The highest BCUT2D eigenvalue weighted by Gasteiger charge is 2.33. The fourth-order valence-electron chi connectivity index (χ4n) is 2.99. The van der Waals surface area contributed by atoms with E-state index in [4.69, 9.17) is 10.2 Å². The van der Waals surface area contributed by atoms with Crippen molar-refractivity contribution in [2.45, 2.75) is 0 Å². The summed E-state index contributed by atoms with van der Waals surface area (Å²) in [6.45, 7) is -0.817. The van der Waals surface area contributed by atoms with Crippen LogP contribution in [0.15, 0.2) is 36.4 Å². The Kier molecular flexibility index (Phi) is 5.00. The minimum absolute atomic E-state index is 0.0176. The number of aliphatic hydroxyl groups excluding tert-OH is 1.